The van der Waals surface area contributed by atoms with Gasteiger partial charge in [-0.2, -0.15) is 5.10 Å². The van der Waals surface area contributed by atoms with E-state index in [0.29, 0.717) is 41.4 Å². The predicted octanol–water partition coefficient (Wildman–Crippen LogP) is 6.53. The number of halogens is 2. The van der Waals surface area contributed by atoms with Crippen LogP contribution in [-0.4, -0.2) is 61.8 Å². The van der Waals surface area contributed by atoms with E-state index in [1.54, 1.807) is 4.90 Å². The van der Waals surface area contributed by atoms with Crippen molar-refractivity contribution in [3.63, 3.8) is 0 Å². The van der Waals surface area contributed by atoms with E-state index in [1.165, 1.54) is 30.6 Å². The highest BCUT2D eigenvalue weighted by Crippen LogP contribution is 2.47. The quantitative estimate of drug-likeness (QED) is 0.141. The van der Waals surface area contributed by atoms with Gasteiger partial charge in [-0.15, -0.1) is 11.3 Å². The first-order valence-corrected chi connectivity index (χ1v) is 15.2. The van der Waals surface area contributed by atoms with Crippen molar-refractivity contribution in [2.45, 2.75) is 19.5 Å². The van der Waals surface area contributed by atoms with Crippen LogP contribution in [0.4, 0.5) is 8.78 Å². The normalized spacial score (nSPS) is 14.7. The summed E-state index contributed by atoms with van der Waals surface area (Å²) >= 11 is 1.41. The van der Waals surface area contributed by atoms with Gasteiger partial charge >= 0.3 is 0 Å². The molecule has 7 rings (SSSR count). The third kappa shape index (κ3) is 4.95. The van der Waals surface area contributed by atoms with Crippen molar-refractivity contribution < 1.29 is 23.0 Å². The Labute approximate surface area is 261 Å². The largest absolute Gasteiger partial charge is 0.490 e. The summed E-state index contributed by atoms with van der Waals surface area (Å²) in [4.78, 5) is 24.3. The van der Waals surface area contributed by atoms with Crippen molar-refractivity contribution in [1.29, 1.82) is 0 Å². The number of imidazole rings is 1. The molecule has 0 saturated carbocycles. The van der Waals surface area contributed by atoms with Crippen LogP contribution in [0.5, 0.6) is 5.75 Å². The molecule has 1 aliphatic rings. The lowest BCUT2D eigenvalue weighted by Crippen LogP contribution is -2.40. The summed E-state index contributed by atoms with van der Waals surface area (Å²) in [7, 11) is 1.52. The van der Waals surface area contributed by atoms with Gasteiger partial charge in [-0.3, -0.25) is 9.48 Å². The monoisotopic (exact) mass is 626 g/mol. The molecule has 1 unspecified atom stereocenters. The summed E-state index contributed by atoms with van der Waals surface area (Å²) < 4.78 is 46.1. The van der Waals surface area contributed by atoms with Gasteiger partial charge in [0, 0.05) is 53.8 Å². The molecule has 0 aliphatic carbocycles. The number of aromatic nitrogens is 5. The molecule has 1 atom stereocenters. The second kappa shape index (κ2) is 11.5. The topological polar surface area (TPSA) is 86.8 Å². The number of thiophene rings is 1. The van der Waals surface area contributed by atoms with Gasteiger partial charge in [0.15, 0.2) is 0 Å². The van der Waals surface area contributed by atoms with Crippen molar-refractivity contribution in [2.24, 2.45) is 0 Å². The SMILES string of the molecule is C=CC(=O)N1CCn2nc(-c3nc(-c4cn5ccccc5n4)c4ccsc4c3-c3c(F)cc(F)cc3OCCOC)cc2C1C. The summed E-state index contributed by atoms with van der Waals surface area (Å²) in [6.45, 7) is 6.81. The Hall–Kier alpha value is -4.94. The van der Waals surface area contributed by atoms with Gasteiger partial charge in [0.05, 0.1) is 36.1 Å². The number of benzene rings is 1. The molecular weight excluding hydrogens is 598 g/mol. The van der Waals surface area contributed by atoms with E-state index in [4.69, 9.17) is 24.5 Å². The van der Waals surface area contributed by atoms with Crippen LogP contribution in [0.25, 0.3) is 49.6 Å². The van der Waals surface area contributed by atoms with Crippen LogP contribution in [-0.2, 0) is 16.1 Å². The number of carbonyl (C=O) groups excluding carboxylic acids is 1. The number of pyridine rings is 2. The zero-order valence-corrected chi connectivity index (χ0v) is 25.4. The number of carbonyl (C=O) groups is 1. The first-order valence-electron chi connectivity index (χ1n) is 14.4. The van der Waals surface area contributed by atoms with E-state index in [0.717, 1.165) is 27.5 Å². The van der Waals surface area contributed by atoms with E-state index in [1.807, 2.05) is 64.1 Å². The van der Waals surface area contributed by atoms with Crippen LogP contribution in [0.15, 0.2) is 72.9 Å². The van der Waals surface area contributed by atoms with E-state index in [2.05, 4.69) is 6.58 Å². The third-order valence-corrected chi connectivity index (χ3v) is 8.92. The summed E-state index contributed by atoms with van der Waals surface area (Å²) in [5.41, 5.74) is 4.15. The molecule has 1 amide bonds. The highest BCUT2D eigenvalue weighted by molar-refractivity contribution is 7.18. The molecular formula is C33H28F2N6O3S. The number of hydrogen-bond donors (Lipinski definition) is 0. The van der Waals surface area contributed by atoms with Gasteiger partial charge in [-0.25, -0.2) is 18.7 Å². The van der Waals surface area contributed by atoms with Crippen LogP contribution in [0.3, 0.4) is 0 Å². The van der Waals surface area contributed by atoms with Crippen LogP contribution < -0.4 is 4.74 Å². The molecule has 0 radical (unpaired) electrons. The van der Waals surface area contributed by atoms with Gasteiger partial charge < -0.3 is 18.8 Å². The maximum absolute atomic E-state index is 16.0. The summed E-state index contributed by atoms with van der Waals surface area (Å²) in [6, 6.07) is 11.3. The zero-order chi connectivity index (χ0) is 31.2. The molecule has 1 aromatic carbocycles. The molecule has 228 valence electrons. The highest BCUT2D eigenvalue weighted by atomic mass is 32.1. The van der Waals surface area contributed by atoms with Crippen molar-refractivity contribution in [1.82, 2.24) is 29.0 Å². The minimum Gasteiger partial charge on any atom is -0.490 e. The van der Waals surface area contributed by atoms with Gasteiger partial charge in [-0.05, 0) is 42.6 Å². The maximum atomic E-state index is 16.0. The van der Waals surface area contributed by atoms with E-state index in [9.17, 15) is 9.18 Å². The Morgan fingerprint density at radius 3 is 2.76 bits per heavy atom. The standard InChI is InChI=1S/C33H28F2N6O3S/c1-4-28(42)40-10-11-41-25(19(40)2)17-23(38-41)32-30(29-22(35)15-20(34)16-26(29)44-13-12-43-3)33-21(8-14-45-33)31(37-32)24-18-39-9-6-5-7-27(39)36-24/h4-9,14-19H,1,10-13H2,2-3H3. The van der Waals surface area contributed by atoms with Crippen molar-refractivity contribution in [2.75, 3.05) is 26.9 Å². The van der Waals surface area contributed by atoms with Crippen molar-refractivity contribution in [3.05, 3.63) is 90.2 Å². The van der Waals surface area contributed by atoms with Crippen LogP contribution >= 0.6 is 11.3 Å². The number of nitrogens with zero attached hydrogens (tertiary/aromatic N) is 6. The first-order chi connectivity index (χ1) is 21.9. The summed E-state index contributed by atoms with van der Waals surface area (Å²) in [6.07, 6.45) is 5.11. The predicted molar refractivity (Wildman–Crippen MR) is 168 cm³/mol. The van der Waals surface area contributed by atoms with Crippen LogP contribution in [0.2, 0.25) is 0 Å². The average molecular weight is 627 g/mol. The Morgan fingerprint density at radius 2 is 1.96 bits per heavy atom. The lowest BCUT2D eigenvalue weighted by molar-refractivity contribution is -0.129. The Balaban J connectivity index is 1.50. The van der Waals surface area contributed by atoms with Gasteiger partial charge in [0.2, 0.25) is 5.91 Å². The lowest BCUT2D eigenvalue weighted by atomic mass is 9.97. The highest BCUT2D eigenvalue weighted by Gasteiger charge is 2.31. The first kappa shape index (κ1) is 28.8. The second-order valence-corrected chi connectivity index (χ2v) is 11.5. The fourth-order valence-electron chi connectivity index (χ4n) is 5.86. The second-order valence-electron chi connectivity index (χ2n) is 10.6. The Bertz CT molecular complexity index is 2070. The Kier molecular flexibility index (Phi) is 7.38. The molecule has 0 N–H and O–H groups in total. The minimum absolute atomic E-state index is 0.0304. The smallest absolute Gasteiger partial charge is 0.246 e. The molecule has 12 heteroatoms. The molecule has 0 bridgehead atoms. The third-order valence-electron chi connectivity index (χ3n) is 7.99. The van der Waals surface area contributed by atoms with Gasteiger partial charge in [-0.1, -0.05) is 12.6 Å². The molecule has 6 aromatic rings. The molecule has 6 heterocycles. The number of hydrogen-bond acceptors (Lipinski definition) is 7. The molecule has 0 saturated heterocycles. The average Bonchev–Trinajstić information content (AvgIpc) is 3.79. The fourth-order valence-corrected chi connectivity index (χ4v) is 6.81. The minimum atomic E-state index is -0.791. The zero-order valence-electron chi connectivity index (χ0n) is 24.5. The summed E-state index contributed by atoms with van der Waals surface area (Å²) in [5.74, 6) is -1.69. The maximum Gasteiger partial charge on any atom is 0.246 e. The molecule has 1 aliphatic heterocycles. The van der Waals surface area contributed by atoms with Crippen molar-refractivity contribution >= 4 is 33.0 Å². The number of ether oxygens (including phenoxy) is 2. The Morgan fingerprint density at radius 1 is 1.09 bits per heavy atom. The number of methoxy groups -OCH3 is 1. The molecule has 0 spiro atoms. The van der Waals surface area contributed by atoms with Crippen molar-refractivity contribution in [3.8, 4) is 39.7 Å². The van der Waals surface area contributed by atoms with Gasteiger partial charge in [0.1, 0.15) is 46.7 Å². The fraction of sp³-hybridized carbons (Fsp3) is 0.212. The molecule has 5 aromatic heterocycles. The lowest BCUT2D eigenvalue weighted by Gasteiger charge is -2.33. The van der Waals surface area contributed by atoms with E-state index < -0.39 is 11.6 Å². The van der Waals surface area contributed by atoms with Gasteiger partial charge in [0.25, 0.3) is 0 Å². The molecule has 9 nitrogen and oxygen atoms in total. The molecule has 0 fully saturated rings. The summed E-state index contributed by atoms with van der Waals surface area (Å²) in [5, 5.41) is 7.58. The van der Waals surface area contributed by atoms with Crippen LogP contribution in [0.1, 0.15) is 18.7 Å². The number of amides is 1. The molecule has 45 heavy (non-hydrogen) atoms. The van der Waals surface area contributed by atoms with E-state index in [-0.39, 0.29) is 36.5 Å². The number of fused-ring (bicyclic) bond motifs is 3. The van der Waals surface area contributed by atoms with Crippen LogP contribution in [0, 0.1) is 11.6 Å². The van der Waals surface area contributed by atoms with E-state index >= 15 is 4.39 Å². The number of rotatable bonds is 8.